The number of hydrogen-bond donors (Lipinski definition) is 1. The van der Waals surface area contributed by atoms with Crippen LogP contribution in [0.1, 0.15) is 12.0 Å². The Bertz CT molecular complexity index is 1220. The highest BCUT2D eigenvalue weighted by atomic mass is 32.1. The molecule has 3 aromatic rings. The van der Waals surface area contributed by atoms with Crippen molar-refractivity contribution in [2.24, 2.45) is 11.8 Å². The van der Waals surface area contributed by atoms with Gasteiger partial charge in [-0.3, -0.25) is 19.8 Å². The first-order valence-corrected chi connectivity index (χ1v) is 12.4. The summed E-state index contributed by atoms with van der Waals surface area (Å²) in [6, 6.07) is 14.8. The number of nitrogens with zero attached hydrogens (tertiary/aromatic N) is 4. The normalized spacial score (nSPS) is 20.6. The maximum Gasteiger partial charge on any atom is 0.276 e. The second kappa shape index (κ2) is 9.90. The monoisotopic (exact) mass is 477 g/mol. The molecule has 2 unspecified atom stereocenters. The third-order valence-electron chi connectivity index (χ3n) is 6.68. The van der Waals surface area contributed by atoms with Gasteiger partial charge in [-0.1, -0.05) is 24.3 Å². The van der Waals surface area contributed by atoms with Gasteiger partial charge in [-0.15, -0.1) is 0 Å². The maximum atomic E-state index is 12.2. The predicted octanol–water partition coefficient (Wildman–Crippen LogP) is 3.79. The van der Waals surface area contributed by atoms with Crippen LogP contribution in [0, 0.1) is 22.0 Å². The Morgan fingerprint density at radius 1 is 1.12 bits per heavy atom. The van der Waals surface area contributed by atoms with E-state index in [-0.39, 0.29) is 11.6 Å². The molecule has 2 heterocycles. The van der Waals surface area contributed by atoms with E-state index in [2.05, 4.69) is 43.8 Å². The van der Waals surface area contributed by atoms with Crippen LogP contribution >= 0.6 is 11.5 Å². The Morgan fingerprint density at radius 2 is 1.88 bits per heavy atom. The molecule has 1 saturated heterocycles. The van der Waals surface area contributed by atoms with Crippen molar-refractivity contribution in [1.82, 2.24) is 14.6 Å². The van der Waals surface area contributed by atoms with Gasteiger partial charge in [0.2, 0.25) is 5.91 Å². The van der Waals surface area contributed by atoms with Crippen molar-refractivity contribution in [3.63, 3.8) is 0 Å². The first-order valence-electron chi connectivity index (χ1n) is 11.6. The zero-order valence-corrected chi connectivity index (χ0v) is 19.6. The Morgan fingerprint density at radius 3 is 2.71 bits per heavy atom. The Kier molecular flexibility index (Phi) is 6.55. The zero-order chi connectivity index (χ0) is 23.5. The number of fused-ring (bicyclic) bond motifs is 1. The predicted molar refractivity (Wildman–Crippen MR) is 135 cm³/mol. The van der Waals surface area contributed by atoms with Crippen LogP contribution in [0.4, 0.5) is 11.5 Å². The molecule has 2 fully saturated rings. The number of anilines is 1. The van der Waals surface area contributed by atoms with Gasteiger partial charge in [-0.2, -0.15) is 4.37 Å². The lowest BCUT2D eigenvalue weighted by atomic mass is 10.1. The van der Waals surface area contributed by atoms with Crippen molar-refractivity contribution < 1.29 is 9.72 Å². The summed E-state index contributed by atoms with van der Waals surface area (Å²) in [6.45, 7) is 5.74. The van der Waals surface area contributed by atoms with Gasteiger partial charge in [0.15, 0.2) is 0 Å². The van der Waals surface area contributed by atoms with Crippen molar-refractivity contribution in [1.29, 1.82) is 0 Å². The van der Waals surface area contributed by atoms with Gasteiger partial charge in [0.25, 0.3) is 5.69 Å². The average molecular weight is 478 g/mol. The SMILES string of the molecule is O=C(/C=C/c1ccccc1[N+](=O)[O-])NCC1CC1CN1CCN(c2nsc3ccccc23)CC1. The molecule has 1 N–H and O–H groups in total. The van der Waals surface area contributed by atoms with E-state index in [1.807, 2.05) is 0 Å². The molecule has 8 nitrogen and oxygen atoms in total. The van der Waals surface area contributed by atoms with Crippen LogP contribution in [0.15, 0.2) is 54.6 Å². The van der Waals surface area contributed by atoms with Gasteiger partial charge < -0.3 is 10.2 Å². The number of benzene rings is 2. The van der Waals surface area contributed by atoms with Gasteiger partial charge in [0.05, 0.1) is 15.2 Å². The van der Waals surface area contributed by atoms with Gasteiger partial charge in [-0.25, -0.2) is 0 Å². The highest BCUT2D eigenvalue weighted by Gasteiger charge is 2.38. The first-order chi connectivity index (χ1) is 16.6. The van der Waals surface area contributed by atoms with E-state index in [0.29, 0.717) is 23.9 Å². The molecule has 1 amide bonds. The number of carbonyl (C=O) groups is 1. The van der Waals surface area contributed by atoms with Crippen molar-refractivity contribution in [3.05, 3.63) is 70.3 Å². The Labute approximate surface area is 202 Å². The molecule has 1 aliphatic heterocycles. The lowest BCUT2D eigenvalue weighted by molar-refractivity contribution is -0.385. The Hall–Kier alpha value is -3.30. The third-order valence-corrected chi connectivity index (χ3v) is 7.50. The number of piperazine rings is 1. The highest BCUT2D eigenvalue weighted by molar-refractivity contribution is 7.13. The van der Waals surface area contributed by atoms with Gasteiger partial charge in [-0.05, 0) is 54.1 Å². The van der Waals surface area contributed by atoms with Gasteiger partial charge >= 0.3 is 0 Å². The second-order valence-corrected chi connectivity index (χ2v) is 9.75. The van der Waals surface area contributed by atoms with E-state index >= 15 is 0 Å². The first kappa shape index (κ1) is 22.5. The highest BCUT2D eigenvalue weighted by Crippen LogP contribution is 2.39. The van der Waals surface area contributed by atoms with Crippen LogP contribution in [-0.4, -0.2) is 59.4 Å². The van der Waals surface area contributed by atoms with E-state index in [0.717, 1.165) is 45.0 Å². The molecule has 34 heavy (non-hydrogen) atoms. The molecule has 9 heteroatoms. The number of nitro benzene ring substituents is 1. The summed E-state index contributed by atoms with van der Waals surface area (Å²) < 4.78 is 5.92. The average Bonchev–Trinajstić information content (AvgIpc) is 3.45. The quantitative estimate of drug-likeness (QED) is 0.302. The third kappa shape index (κ3) is 5.10. The molecule has 1 saturated carbocycles. The minimum absolute atomic E-state index is 0.00290. The number of hydrogen-bond acceptors (Lipinski definition) is 7. The molecular weight excluding hydrogens is 450 g/mol. The minimum Gasteiger partial charge on any atom is -0.353 e. The standard InChI is InChI=1S/C25H27N5O3S/c31-24(10-9-18-5-1-3-7-22(18)30(32)33)26-16-19-15-20(19)17-28-11-13-29(14-12-28)25-21-6-2-4-8-23(21)34-27-25/h1-10,19-20H,11-17H2,(H,26,31)/b10-9+. The molecule has 0 bridgehead atoms. The lowest BCUT2D eigenvalue weighted by Crippen LogP contribution is -2.47. The van der Waals surface area contributed by atoms with Crippen LogP contribution in [0.3, 0.4) is 0 Å². The molecule has 176 valence electrons. The van der Waals surface area contributed by atoms with Crippen LogP contribution in [0.5, 0.6) is 0 Å². The van der Waals surface area contributed by atoms with E-state index in [9.17, 15) is 14.9 Å². The molecule has 2 aromatic carbocycles. The van der Waals surface area contributed by atoms with Crippen LogP contribution in [0.2, 0.25) is 0 Å². The van der Waals surface area contributed by atoms with Crippen LogP contribution < -0.4 is 10.2 Å². The van der Waals surface area contributed by atoms with Crippen molar-refractivity contribution in [3.8, 4) is 0 Å². The fourth-order valence-electron chi connectivity index (χ4n) is 4.61. The number of carbonyl (C=O) groups excluding carboxylic acids is 1. The summed E-state index contributed by atoms with van der Waals surface area (Å²) in [5.74, 6) is 2.02. The molecule has 1 aliphatic carbocycles. The van der Waals surface area contributed by atoms with Gasteiger partial charge in [0.1, 0.15) is 5.82 Å². The summed E-state index contributed by atoms with van der Waals surface area (Å²) >= 11 is 1.57. The van der Waals surface area contributed by atoms with Crippen molar-refractivity contribution >= 4 is 45.1 Å². The summed E-state index contributed by atoms with van der Waals surface area (Å²) in [5, 5.41) is 15.3. The van der Waals surface area contributed by atoms with Crippen molar-refractivity contribution in [2.45, 2.75) is 6.42 Å². The second-order valence-electron chi connectivity index (χ2n) is 8.94. The van der Waals surface area contributed by atoms with E-state index in [4.69, 9.17) is 0 Å². The summed E-state index contributed by atoms with van der Waals surface area (Å²) in [4.78, 5) is 27.7. The summed E-state index contributed by atoms with van der Waals surface area (Å²) in [5.41, 5.74) is 0.425. The number of rotatable bonds is 8. The lowest BCUT2D eigenvalue weighted by Gasteiger charge is -2.35. The molecule has 0 radical (unpaired) electrons. The summed E-state index contributed by atoms with van der Waals surface area (Å²) in [6.07, 6.45) is 4.01. The van der Waals surface area contributed by atoms with E-state index in [1.165, 1.54) is 28.3 Å². The number of aromatic nitrogens is 1. The summed E-state index contributed by atoms with van der Waals surface area (Å²) in [7, 11) is 0. The fraction of sp³-hybridized carbons (Fsp3) is 0.360. The van der Waals surface area contributed by atoms with Crippen LogP contribution in [0.25, 0.3) is 16.2 Å². The topological polar surface area (TPSA) is 91.6 Å². The maximum absolute atomic E-state index is 12.2. The Balaban J connectivity index is 1.04. The van der Waals surface area contributed by atoms with Crippen molar-refractivity contribution in [2.75, 3.05) is 44.2 Å². The molecule has 1 aromatic heterocycles. The fourth-order valence-corrected chi connectivity index (χ4v) is 5.40. The minimum atomic E-state index is -0.439. The van der Waals surface area contributed by atoms with Crippen LogP contribution in [-0.2, 0) is 4.79 Å². The molecule has 5 rings (SSSR count). The number of amides is 1. The number of nitro groups is 1. The largest absolute Gasteiger partial charge is 0.353 e. The molecule has 2 atom stereocenters. The molecular formula is C25H27N5O3S. The molecule has 0 spiro atoms. The van der Waals surface area contributed by atoms with E-state index < -0.39 is 4.92 Å². The van der Waals surface area contributed by atoms with E-state index in [1.54, 1.807) is 29.7 Å². The number of nitrogens with one attached hydrogen (secondary N) is 1. The van der Waals surface area contributed by atoms with Gasteiger partial charge in [0, 0.05) is 56.8 Å². The zero-order valence-electron chi connectivity index (χ0n) is 18.8. The number of para-hydroxylation sites is 1. The smallest absolute Gasteiger partial charge is 0.276 e. The molecule has 2 aliphatic rings.